The maximum Gasteiger partial charge on any atom is 0.264 e. The van der Waals surface area contributed by atoms with Gasteiger partial charge in [-0.3, -0.25) is 0 Å². The third-order valence-electron chi connectivity index (χ3n) is 2.09. The Bertz CT molecular complexity index is 493. The maximum absolute atomic E-state index is 5.46. The van der Waals surface area contributed by atoms with Crippen LogP contribution in [-0.4, -0.2) is 38.9 Å². The van der Waals surface area contributed by atoms with E-state index in [1.54, 1.807) is 15.9 Å². The van der Waals surface area contributed by atoms with Gasteiger partial charge >= 0.3 is 0 Å². The lowest BCUT2D eigenvalue weighted by Crippen LogP contribution is -2.24. The van der Waals surface area contributed by atoms with Gasteiger partial charge in [-0.2, -0.15) is 5.10 Å². The molecule has 0 spiro atoms. The summed E-state index contributed by atoms with van der Waals surface area (Å²) in [7, 11) is 3.68. The minimum absolute atomic E-state index is 0.429. The molecule has 6 heteroatoms. The molecule has 0 fully saturated rings. The van der Waals surface area contributed by atoms with Crippen molar-refractivity contribution >= 4 is 17.4 Å². The van der Waals surface area contributed by atoms with Gasteiger partial charge in [-0.25, -0.2) is 9.67 Å². The number of benzene rings is 1. The molecule has 0 aliphatic carbocycles. The van der Waals surface area contributed by atoms with Gasteiger partial charge in [0.15, 0.2) is 0 Å². The van der Waals surface area contributed by atoms with E-state index in [4.69, 9.17) is 17.0 Å². The Kier molecular flexibility index (Phi) is 3.34. The Morgan fingerprint density at radius 3 is 2.53 bits per heavy atom. The summed E-state index contributed by atoms with van der Waals surface area (Å²) in [4.78, 5) is 5.62. The van der Waals surface area contributed by atoms with Gasteiger partial charge in [0, 0.05) is 14.1 Å². The highest BCUT2D eigenvalue weighted by Gasteiger charge is 2.03. The first-order valence-corrected chi connectivity index (χ1v) is 5.42. The summed E-state index contributed by atoms with van der Waals surface area (Å²) in [5, 5.41) is 4.47. The molecule has 5 nitrogen and oxygen atoms in total. The van der Waals surface area contributed by atoms with E-state index in [-0.39, 0.29) is 0 Å². The van der Waals surface area contributed by atoms with Crippen LogP contribution in [0.5, 0.6) is 5.75 Å². The van der Waals surface area contributed by atoms with Crippen molar-refractivity contribution in [3.63, 3.8) is 0 Å². The van der Waals surface area contributed by atoms with Gasteiger partial charge in [-0.1, -0.05) is 0 Å². The average Bonchev–Trinajstić information content (AvgIpc) is 2.83. The molecular weight excluding hydrogens is 236 g/mol. The van der Waals surface area contributed by atoms with E-state index in [1.165, 1.54) is 6.33 Å². The number of ether oxygens (including phenoxy) is 1. The molecule has 17 heavy (non-hydrogen) atoms. The van der Waals surface area contributed by atoms with E-state index >= 15 is 0 Å². The second kappa shape index (κ2) is 4.92. The number of nitrogens with zero attached hydrogens (tertiary/aromatic N) is 4. The topological polar surface area (TPSA) is 43.2 Å². The molecule has 1 aromatic heterocycles. The Morgan fingerprint density at radius 2 is 2.00 bits per heavy atom. The largest absolute Gasteiger partial charge is 0.432 e. The highest BCUT2D eigenvalue weighted by molar-refractivity contribution is 7.80. The van der Waals surface area contributed by atoms with Crippen LogP contribution in [0.1, 0.15) is 0 Å². The van der Waals surface area contributed by atoms with Crippen LogP contribution in [0.4, 0.5) is 0 Å². The van der Waals surface area contributed by atoms with Crippen molar-refractivity contribution in [2.24, 2.45) is 0 Å². The van der Waals surface area contributed by atoms with Crippen molar-refractivity contribution < 1.29 is 4.74 Å². The molecule has 0 saturated heterocycles. The second-order valence-electron chi connectivity index (χ2n) is 3.60. The molecule has 0 atom stereocenters. The summed E-state index contributed by atoms with van der Waals surface area (Å²) < 4.78 is 7.13. The zero-order valence-electron chi connectivity index (χ0n) is 9.57. The number of rotatable bonds is 2. The van der Waals surface area contributed by atoms with Gasteiger partial charge in [-0.05, 0) is 36.5 Å². The Morgan fingerprint density at radius 1 is 1.29 bits per heavy atom. The Hall–Kier alpha value is -1.95. The van der Waals surface area contributed by atoms with Crippen LogP contribution in [0.3, 0.4) is 0 Å². The summed E-state index contributed by atoms with van der Waals surface area (Å²) in [6.45, 7) is 0. The smallest absolute Gasteiger partial charge is 0.264 e. The molecule has 2 aromatic rings. The number of aromatic nitrogens is 3. The molecule has 0 radical (unpaired) electrons. The lowest BCUT2D eigenvalue weighted by molar-refractivity contribution is 0.449. The molecule has 0 bridgehead atoms. The van der Waals surface area contributed by atoms with Gasteiger partial charge in [0.25, 0.3) is 5.17 Å². The van der Waals surface area contributed by atoms with E-state index in [1.807, 2.05) is 38.4 Å². The van der Waals surface area contributed by atoms with Gasteiger partial charge in [0.1, 0.15) is 18.4 Å². The van der Waals surface area contributed by atoms with Crippen molar-refractivity contribution in [3.8, 4) is 11.4 Å². The number of hydrogen-bond donors (Lipinski definition) is 0. The summed E-state index contributed by atoms with van der Waals surface area (Å²) >= 11 is 5.05. The molecule has 2 rings (SSSR count). The first-order chi connectivity index (χ1) is 8.16. The normalized spacial score (nSPS) is 10.0. The summed E-state index contributed by atoms with van der Waals surface area (Å²) in [6, 6.07) is 7.46. The van der Waals surface area contributed by atoms with Gasteiger partial charge in [0.2, 0.25) is 0 Å². The van der Waals surface area contributed by atoms with Gasteiger partial charge in [-0.15, -0.1) is 0 Å². The van der Waals surface area contributed by atoms with Gasteiger partial charge < -0.3 is 9.64 Å². The second-order valence-corrected chi connectivity index (χ2v) is 3.95. The van der Waals surface area contributed by atoms with Crippen LogP contribution in [0, 0.1) is 0 Å². The third-order valence-corrected chi connectivity index (χ3v) is 2.54. The van der Waals surface area contributed by atoms with E-state index in [2.05, 4.69) is 10.1 Å². The number of thiocarbonyl (C=S) groups is 1. The third kappa shape index (κ3) is 2.79. The molecular formula is C11H12N4OS. The number of hydrogen-bond acceptors (Lipinski definition) is 4. The molecule has 0 amide bonds. The maximum atomic E-state index is 5.46. The Balaban J connectivity index is 2.11. The van der Waals surface area contributed by atoms with Gasteiger partial charge in [0.05, 0.1) is 5.69 Å². The lowest BCUT2D eigenvalue weighted by atomic mass is 10.3. The van der Waals surface area contributed by atoms with Crippen LogP contribution in [0.25, 0.3) is 5.69 Å². The molecule has 0 unspecified atom stereocenters. The first-order valence-electron chi connectivity index (χ1n) is 5.01. The summed E-state index contributed by atoms with van der Waals surface area (Å²) in [5.41, 5.74) is 0.922. The molecule has 0 aliphatic rings. The SMILES string of the molecule is CN(C)C(=S)Oc1ccc(-n2cncn2)cc1. The zero-order valence-corrected chi connectivity index (χ0v) is 10.4. The summed E-state index contributed by atoms with van der Waals surface area (Å²) in [5.74, 6) is 0.701. The fourth-order valence-corrected chi connectivity index (χ4v) is 1.30. The highest BCUT2D eigenvalue weighted by atomic mass is 32.1. The predicted octanol–water partition coefficient (Wildman–Crippen LogP) is 1.49. The van der Waals surface area contributed by atoms with Crippen molar-refractivity contribution in [3.05, 3.63) is 36.9 Å². The van der Waals surface area contributed by atoms with E-state index in [0.29, 0.717) is 10.9 Å². The van der Waals surface area contributed by atoms with Crippen molar-refractivity contribution in [1.82, 2.24) is 19.7 Å². The minimum atomic E-state index is 0.429. The van der Waals surface area contributed by atoms with Crippen LogP contribution in [-0.2, 0) is 0 Å². The standard InChI is InChI=1S/C11H12N4OS/c1-14(2)11(17)16-10-5-3-9(4-6-10)15-8-12-7-13-15/h3-8H,1-2H3. The van der Waals surface area contributed by atoms with Crippen molar-refractivity contribution in [2.45, 2.75) is 0 Å². The summed E-state index contributed by atoms with van der Waals surface area (Å²) in [6.07, 6.45) is 3.13. The minimum Gasteiger partial charge on any atom is -0.432 e. The fourth-order valence-electron chi connectivity index (χ4n) is 1.20. The average molecular weight is 248 g/mol. The quantitative estimate of drug-likeness (QED) is 0.753. The lowest BCUT2D eigenvalue weighted by Gasteiger charge is -2.14. The predicted molar refractivity (Wildman–Crippen MR) is 68.3 cm³/mol. The molecule has 1 heterocycles. The molecule has 0 N–H and O–H groups in total. The molecule has 0 aliphatic heterocycles. The fraction of sp³-hybridized carbons (Fsp3) is 0.182. The van der Waals surface area contributed by atoms with Crippen LogP contribution in [0.15, 0.2) is 36.9 Å². The van der Waals surface area contributed by atoms with E-state index in [0.717, 1.165) is 5.69 Å². The monoisotopic (exact) mass is 248 g/mol. The molecule has 88 valence electrons. The zero-order chi connectivity index (χ0) is 12.3. The Labute approximate surface area is 105 Å². The first kappa shape index (κ1) is 11.5. The van der Waals surface area contributed by atoms with Crippen LogP contribution < -0.4 is 4.74 Å². The van der Waals surface area contributed by atoms with Crippen molar-refractivity contribution in [2.75, 3.05) is 14.1 Å². The molecule has 0 saturated carbocycles. The van der Waals surface area contributed by atoms with E-state index in [9.17, 15) is 0 Å². The van der Waals surface area contributed by atoms with Crippen LogP contribution >= 0.6 is 12.2 Å². The highest BCUT2D eigenvalue weighted by Crippen LogP contribution is 2.15. The van der Waals surface area contributed by atoms with Crippen LogP contribution in [0.2, 0.25) is 0 Å². The van der Waals surface area contributed by atoms with Crippen molar-refractivity contribution in [1.29, 1.82) is 0 Å². The van der Waals surface area contributed by atoms with E-state index < -0.39 is 0 Å². The molecule has 1 aromatic carbocycles.